The Labute approximate surface area is 204 Å². The molecule has 180 valence electrons. The Morgan fingerprint density at radius 2 is 1.71 bits per heavy atom. The molecule has 2 N–H and O–H groups in total. The summed E-state index contributed by atoms with van der Waals surface area (Å²) in [5.41, 5.74) is 5.11. The number of rotatable bonds is 10. The molecule has 0 radical (unpaired) electrons. The summed E-state index contributed by atoms with van der Waals surface area (Å²) < 4.78 is 10.9. The molecule has 35 heavy (non-hydrogen) atoms. The molecule has 0 saturated carbocycles. The number of anilines is 1. The van der Waals surface area contributed by atoms with Crippen LogP contribution < -0.4 is 10.6 Å². The molecular formula is C28H29N3O4. The zero-order valence-corrected chi connectivity index (χ0v) is 19.8. The van der Waals surface area contributed by atoms with Gasteiger partial charge in [-0.3, -0.25) is 4.79 Å². The Bertz CT molecular complexity index is 1280. The van der Waals surface area contributed by atoms with Gasteiger partial charge in [0.2, 0.25) is 5.89 Å². The van der Waals surface area contributed by atoms with Gasteiger partial charge in [0, 0.05) is 24.2 Å². The second-order valence-electron chi connectivity index (χ2n) is 8.14. The van der Waals surface area contributed by atoms with Crippen molar-refractivity contribution in [1.29, 1.82) is 0 Å². The molecule has 0 saturated heterocycles. The standard InChI is InChI=1S/C28H29N3O4/c1-2-34-26(32)14-7-4-8-17-29-28(33)30-23-13-9-12-22(18-23)27-31-24-19-21(15-16-25(24)35-27)20-10-5-3-6-11-20/h3,5-6,9-13,15-16,18-19H,2,4,7-8,14,17H2,1H3,(H2,29,30,33). The van der Waals surface area contributed by atoms with Crippen LogP contribution in [0.2, 0.25) is 0 Å². The van der Waals surface area contributed by atoms with E-state index in [1.54, 1.807) is 6.92 Å². The number of carbonyl (C=O) groups is 2. The van der Waals surface area contributed by atoms with E-state index in [4.69, 9.17) is 9.15 Å². The average molecular weight is 472 g/mol. The topological polar surface area (TPSA) is 93.5 Å². The summed E-state index contributed by atoms with van der Waals surface area (Å²) in [5, 5.41) is 5.69. The third-order valence-corrected chi connectivity index (χ3v) is 5.51. The second-order valence-corrected chi connectivity index (χ2v) is 8.14. The van der Waals surface area contributed by atoms with Gasteiger partial charge in [-0.25, -0.2) is 9.78 Å². The number of ether oxygens (including phenoxy) is 1. The van der Waals surface area contributed by atoms with Crippen LogP contribution in [0.1, 0.15) is 32.6 Å². The van der Waals surface area contributed by atoms with Gasteiger partial charge in [0.25, 0.3) is 0 Å². The molecule has 0 aliphatic carbocycles. The number of hydrogen-bond donors (Lipinski definition) is 2. The number of amides is 2. The molecule has 0 bridgehead atoms. The maximum Gasteiger partial charge on any atom is 0.319 e. The monoisotopic (exact) mass is 471 g/mol. The smallest absolute Gasteiger partial charge is 0.319 e. The van der Waals surface area contributed by atoms with E-state index in [-0.39, 0.29) is 12.0 Å². The van der Waals surface area contributed by atoms with Crippen LogP contribution in [0, 0.1) is 0 Å². The second kappa shape index (κ2) is 11.8. The van der Waals surface area contributed by atoms with Gasteiger partial charge in [0.1, 0.15) is 5.52 Å². The molecule has 7 heteroatoms. The Kier molecular flexibility index (Phi) is 8.12. The molecule has 4 rings (SSSR count). The van der Waals surface area contributed by atoms with Gasteiger partial charge in [-0.05, 0) is 61.2 Å². The number of aromatic nitrogens is 1. The van der Waals surface area contributed by atoms with Crippen molar-refractivity contribution in [3.8, 4) is 22.6 Å². The van der Waals surface area contributed by atoms with E-state index in [1.807, 2.05) is 60.7 Å². The van der Waals surface area contributed by atoms with Gasteiger partial charge in [-0.1, -0.05) is 48.9 Å². The molecule has 4 aromatic rings. The minimum Gasteiger partial charge on any atom is -0.466 e. The first-order chi connectivity index (χ1) is 17.1. The Balaban J connectivity index is 1.32. The van der Waals surface area contributed by atoms with Crippen molar-refractivity contribution in [2.45, 2.75) is 32.6 Å². The predicted octanol–water partition coefficient (Wildman–Crippen LogP) is 6.41. The van der Waals surface area contributed by atoms with Crippen LogP contribution >= 0.6 is 0 Å². The van der Waals surface area contributed by atoms with E-state index in [0.717, 1.165) is 41.5 Å². The summed E-state index contributed by atoms with van der Waals surface area (Å²) >= 11 is 0. The third kappa shape index (κ3) is 6.69. The number of esters is 1. The van der Waals surface area contributed by atoms with E-state index in [1.165, 1.54) is 0 Å². The first-order valence-electron chi connectivity index (χ1n) is 11.9. The molecule has 3 aromatic carbocycles. The van der Waals surface area contributed by atoms with E-state index in [2.05, 4.69) is 27.8 Å². The number of benzene rings is 3. The zero-order chi connectivity index (χ0) is 24.5. The maximum absolute atomic E-state index is 12.3. The SMILES string of the molecule is CCOC(=O)CCCCCNC(=O)Nc1cccc(-c2nc3cc(-c4ccccc4)ccc3o2)c1. The summed E-state index contributed by atoms with van der Waals surface area (Å²) in [4.78, 5) is 28.3. The summed E-state index contributed by atoms with van der Waals surface area (Å²) in [6.07, 6.45) is 2.80. The van der Waals surface area contributed by atoms with Crippen molar-refractivity contribution >= 4 is 28.8 Å². The van der Waals surface area contributed by atoms with Crippen molar-refractivity contribution in [2.24, 2.45) is 0 Å². The summed E-state index contributed by atoms with van der Waals surface area (Å²) in [5.74, 6) is 0.324. The van der Waals surface area contributed by atoms with Crippen LogP contribution in [0.5, 0.6) is 0 Å². The average Bonchev–Trinajstić information content (AvgIpc) is 3.31. The van der Waals surface area contributed by atoms with Crippen LogP contribution in [-0.4, -0.2) is 30.1 Å². The van der Waals surface area contributed by atoms with Crippen LogP contribution in [0.15, 0.2) is 77.2 Å². The normalized spacial score (nSPS) is 10.8. The Morgan fingerprint density at radius 3 is 2.54 bits per heavy atom. The van der Waals surface area contributed by atoms with E-state index in [0.29, 0.717) is 36.7 Å². The third-order valence-electron chi connectivity index (χ3n) is 5.51. The molecule has 0 spiro atoms. The van der Waals surface area contributed by atoms with Crippen molar-refractivity contribution in [1.82, 2.24) is 10.3 Å². The Morgan fingerprint density at radius 1 is 0.886 bits per heavy atom. The minimum atomic E-state index is -0.280. The number of carbonyl (C=O) groups excluding carboxylic acids is 2. The van der Waals surface area contributed by atoms with Gasteiger partial charge >= 0.3 is 12.0 Å². The highest BCUT2D eigenvalue weighted by atomic mass is 16.5. The fourth-order valence-corrected chi connectivity index (χ4v) is 3.77. The quantitative estimate of drug-likeness (QED) is 0.206. The first kappa shape index (κ1) is 24.0. The van der Waals surface area contributed by atoms with E-state index in [9.17, 15) is 9.59 Å². The lowest BCUT2D eigenvalue weighted by atomic mass is 10.1. The predicted molar refractivity (Wildman–Crippen MR) is 137 cm³/mol. The molecule has 0 aliphatic rings. The van der Waals surface area contributed by atoms with Crippen LogP contribution in [0.4, 0.5) is 10.5 Å². The number of urea groups is 1. The lowest BCUT2D eigenvalue weighted by molar-refractivity contribution is -0.143. The number of oxazole rings is 1. The molecule has 1 aromatic heterocycles. The van der Waals surface area contributed by atoms with Gasteiger partial charge in [0.05, 0.1) is 6.61 Å². The lowest BCUT2D eigenvalue weighted by Crippen LogP contribution is -2.29. The molecule has 2 amide bonds. The van der Waals surface area contributed by atoms with Crippen LogP contribution in [-0.2, 0) is 9.53 Å². The Hall–Kier alpha value is -4.13. The minimum absolute atomic E-state index is 0.173. The summed E-state index contributed by atoms with van der Waals surface area (Å²) in [6, 6.07) is 23.2. The number of hydrogen-bond acceptors (Lipinski definition) is 5. The number of fused-ring (bicyclic) bond motifs is 1. The molecule has 0 atom stereocenters. The largest absolute Gasteiger partial charge is 0.466 e. The summed E-state index contributed by atoms with van der Waals surface area (Å²) in [6.45, 7) is 2.73. The highest BCUT2D eigenvalue weighted by Crippen LogP contribution is 2.29. The van der Waals surface area contributed by atoms with Crippen molar-refractivity contribution < 1.29 is 18.7 Å². The lowest BCUT2D eigenvalue weighted by Gasteiger charge is -2.08. The molecule has 1 heterocycles. The van der Waals surface area contributed by atoms with Gasteiger partial charge in [-0.15, -0.1) is 0 Å². The molecule has 0 fully saturated rings. The molecular weight excluding hydrogens is 442 g/mol. The number of unbranched alkanes of at least 4 members (excludes halogenated alkanes) is 2. The molecule has 7 nitrogen and oxygen atoms in total. The van der Waals surface area contributed by atoms with E-state index < -0.39 is 0 Å². The van der Waals surface area contributed by atoms with E-state index >= 15 is 0 Å². The van der Waals surface area contributed by atoms with Gasteiger partial charge < -0.3 is 19.8 Å². The van der Waals surface area contributed by atoms with Crippen molar-refractivity contribution in [2.75, 3.05) is 18.5 Å². The first-order valence-corrected chi connectivity index (χ1v) is 11.9. The van der Waals surface area contributed by atoms with Crippen LogP contribution in [0.3, 0.4) is 0 Å². The van der Waals surface area contributed by atoms with Gasteiger partial charge in [-0.2, -0.15) is 0 Å². The number of nitrogens with one attached hydrogen (secondary N) is 2. The fraction of sp³-hybridized carbons (Fsp3) is 0.250. The van der Waals surface area contributed by atoms with Gasteiger partial charge in [0.15, 0.2) is 5.58 Å². The number of nitrogens with zero attached hydrogens (tertiary/aromatic N) is 1. The molecule has 0 aliphatic heterocycles. The van der Waals surface area contributed by atoms with Crippen molar-refractivity contribution in [3.05, 3.63) is 72.8 Å². The highest BCUT2D eigenvalue weighted by Gasteiger charge is 2.11. The highest BCUT2D eigenvalue weighted by molar-refractivity contribution is 5.90. The maximum atomic E-state index is 12.3. The van der Waals surface area contributed by atoms with Crippen molar-refractivity contribution in [3.63, 3.8) is 0 Å². The fourth-order valence-electron chi connectivity index (χ4n) is 3.77. The zero-order valence-electron chi connectivity index (χ0n) is 19.8. The van der Waals surface area contributed by atoms with Crippen LogP contribution in [0.25, 0.3) is 33.7 Å². The molecule has 0 unspecified atom stereocenters. The summed E-state index contributed by atoms with van der Waals surface area (Å²) in [7, 11) is 0.